The lowest BCUT2D eigenvalue weighted by atomic mass is 9.90. The maximum atomic E-state index is 12.2. The van der Waals surface area contributed by atoms with E-state index in [2.05, 4.69) is 27.7 Å². The first-order chi connectivity index (χ1) is 7.45. The van der Waals surface area contributed by atoms with E-state index in [1.165, 1.54) is 6.42 Å². The van der Waals surface area contributed by atoms with Crippen LogP contribution in [0.2, 0.25) is 0 Å². The van der Waals surface area contributed by atoms with E-state index in [9.17, 15) is 4.79 Å². The van der Waals surface area contributed by atoms with Crippen LogP contribution in [0, 0.1) is 17.8 Å². The second-order valence-electron chi connectivity index (χ2n) is 5.60. The van der Waals surface area contributed by atoms with E-state index in [4.69, 9.17) is 5.73 Å². The Labute approximate surface area is 99.4 Å². The monoisotopic (exact) mass is 226 g/mol. The molecule has 0 saturated carbocycles. The lowest BCUT2D eigenvalue weighted by molar-refractivity contribution is -0.136. The average Bonchev–Trinajstić information content (AvgIpc) is 2.24. The third-order valence-corrected chi connectivity index (χ3v) is 3.72. The van der Waals surface area contributed by atoms with Gasteiger partial charge in [0, 0.05) is 13.1 Å². The summed E-state index contributed by atoms with van der Waals surface area (Å²) in [6.45, 7) is 10.3. The van der Waals surface area contributed by atoms with Crippen molar-refractivity contribution in [2.75, 3.05) is 13.1 Å². The van der Waals surface area contributed by atoms with E-state index >= 15 is 0 Å². The minimum absolute atomic E-state index is 0.146. The highest BCUT2D eigenvalue weighted by Crippen LogP contribution is 2.22. The smallest absolute Gasteiger partial charge is 0.239 e. The van der Waals surface area contributed by atoms with Gasteiger partial charge in [0.1, 0.15) is 0 Å². The highest BCUT2D eigenvalue weighted by atomic mass is 16.2. The fourth-order valence-corrected chi connectivity index (χ4v) is 2.55. The summed E-state index contributed by atoms with van der Waals surface area (Å²) < 4.78 is 0. The number of rotatable bonds is 3. The molecular weight excluding hydrogens is 200 g/mol. The normalized spacial score (nSPS) is 29.9. The van der Waals surface area contributed by atoms with E-state index < -0.39 is 0 Å². The summed E-state index contributed by atoms with van der Waals surface area (Å²) in [6.07, 6.45) is 2.19. The Morgan fingerprint density at radius 2 is 1.88 bits per heavy atom. The number of amides is 1. The second-order valence-corrected chi connectivity index (χ2v) is 5.60. The van der Waals surface area contributed by atoms with Gasteiger partial charge in [-0.2, -0.15) is 0 Å². The number of hydrogen-bond acceptors (Lipinski definition) is 2. The fraction of sp³-hybridized carbons (Fsp3) is 0.923. The molecule has 1 saturated heterocycles. The minimum atomic E-state index is -0.317. The van der Waals surface area contributed by atoms with Gasteiger partial charge in [-0.3, -0.25) is 4.79 Å². The summed E-state index contributed by atoms with van der Waals surface area (Å²) in [5.41, 5.74) is 6.00. The number of carbonyl (C=O) groups is 1. The van der Waals surface area contributed by atoms with Crippen molar-refractivity contribution in [1.29, 1.82) is 0 Å². The van der Waals surface area contributed by atoms with Crippen LogP contribution in [0.4, 0.5) is 0 Å². The van der Waals surface area contributed by atoms with Crippen LogP contribution in [0.15, 0.2) is 0 Å². The van der Waals surface area contributed by atoms with Gasteiger partial charge >= 0.3 is 0 Å². The van der Waals surface area contributed by atoms with Crippen molar-refractivity contribution in [2.24, 2.45) is 23.5 Å². The molecule has 1 amide bonds. The van der Waals surface area contributed by atoms with Gasteiger partial charge in [0.25, 0.3) is 0 Å². The van der Waals surface area contributed by atoms with Crippen LogP contribution in [0.3, 0.4) is 0 Å². The molecule has 1 fully saturated rings. The molecule has 3 heteroatoms. The maximum Gasteiger partial charge on any atom is 0.239 e. The number of piperidine rings is 1. The van der Waals surface area contributed by atoms with Crippen LogP contribution >= 0.6 is 0 Å². The topological polar surface area (TPSA) is 46.3 Å². The fourth-order valence-electron chi connectivity index (χ4n) is 2.55. The average molecular weight is 226 g/mol. The molecule has 3 nitrogen and oxygen atoms in total. The van der Waals surface area contributed by atoms with Crippen molar-refractivity contribution in [2.45, 2.75) is 46.6 Å². The third-order valence-electron chi connectivity index (χ3n) is 3.72. The molecule has 0 radical (unpaired) electrons. The molecule has 2 N–H and O–H groups in total. The van der Waals surface area contributed by atoms with Crippen molar-refractivity contribution < 1.29 is 4.79 Å². The summed E-state index contributed by atoms with van der Waals surface area (Å²) in [6, 6.07) is -0.317. The predicted molar refractivity (Wildman–Crippen MR) is 67.0 cm³/mol. The zero-order chi connectivity index (χ0) is 12.3. The Hall–Kier alpha value is -0.570. The molecule has 1 aliphatic heterocycles. The standard InChI is InChI=1S/C13H26N2O/c1-5-11(4)12(14)13(16)15-7-9(2)6-10(3)8-15/h9-12H,5-8,14H2,1-4H3. The molecule has 1 aliphatic rings. The first-order valence-corrected chi connectivity index (χ1v) is 6.50. The number of nitrogens with zero attached hydrogens (tertiary/aromatic N) is 1. The first-order valence-electron chi connectivity index (χ1n) is 6.50. The van der Waals surface area contributed by atoms with Crippen LogP contribution in [-0.2, 0) is 4.79 Å². The maximum absolute atomic E-state index is 12.2. The Balaban J connectivity index is 2.59. The summed E-state index contributed by atoms with van der Waals surface area (Å²) in [5, 5.41) is 0. The molecule has 4 atom stereocenters. The molecule has 4 unspecified atom stereocenters. The SMILES string of the molecule is CCC(C)C(N)C(=O)N1CC(C)CC(C)C1. The van der Waals surface area contributed by atoms with Crippen molar-refractivity contribution in [3.63, 3.8) is 0 Å². The zero-order valence-electron chi connectivity index (χ0n) is 11.1. The Morgan fingerprint density at radius 3 is 2.31 bits per heavy atom. The molecule has 0 aromatic heterocycles. The van der Waals surface area contributed by atoms with Gasteiger partial charge in [0.15, 0.2) is 0 Å². The van der Waals surface area contributed by atoms with Gasteiger partial charge in [-0.1, -0.05) is 34.1 Å². The van der Waals surface area contributed by atoms with Gasteiger partial charge in [-0.25, -0.2) is 0 Å². The summed E-state index contributed by atoms with van der Waals surface area (Å²) in [5.74, 6) is 1.64. The van der Waals surface area contributed by atoms with Gasteiger partial charge in [0.05, 0.1) is 6.04 Å². The van der Waals surface area contributed by atoms with E-state index in [1.54, 1.807) is 0 Å². The Morgan fingerprint density at radius 1 is 1.38 bits per heavy atom. The third kappa shape index (κ3) is 3.21. The molecule has 94 valence electrons. The molecule has 0 aliphatic carbocycles. The van der Waals surface area contributed by atoms with Gasteiger partial charge in [-0.05, 0) is 24.2 Å². The Kier molecular flexibility index (Phi) is 4.78. The summed E-state index contributed by atoms with van der Waals surface area (Å²) in [4.78, 5) is 14.2. The number of carbonyl (C=O) groups excluding carboxylic acids is 1. The first kappa shape index (κ1) is 13.5. The zero-order valence-corrected chi connectivity index (χ0v) is 11.1. The number of nitrogens with two attached hydrogens (primary N) is 1. The van der Waals surface area contributed by atoms with Crippen LogP contribution < -0.4 is 5.73 Å². The number of hydrogen-bond donors (Lipinski definition) is 1. The van der Waals surface area contributed by atoms with Crippen LogP contribution in [0.25, 0.3) is 0 Å². The minimum Gasteiger partial charge on any atom is -0.341 e. The molecule has 0 aromatic rings. The highest BCUT2D eigenvalue weighted by Gasteiger charge is 2.30. The van der Waals surface area contributed by atoms with Crippen molar-refractivity contribution in [3.05, 3.63) is 0 Å². The van der Waals surface area contributed by atoms with Crippen molar-refractivity contribution >= 4 is 5.91 Å². The lowest BCUT2D eigenvalue weighted by Gasteiger charge is -2.37. The van der Waals surface area contributed by atoms with E-state index in [1.807, 2.05) is 4.90 Å². The van der Waals surface area contributed by atoms with E-state index in [0.717, 1.165) is 19.5 Å². The summed E-state index contributed by atoms with van der Waals surface area (Å²) >= 11 is 0. The lowest BCUT2D eigenvalue weighted by Crippen LogP contribution is -2.51. The molecule has 0 spiro atoms. The van der Waals surface area contributed by atoms with Gasteiger partial charge in [-0.15, -0.1) is 0 Å². The Bertz CT molecular complexity index is 232. The van der Waals surface area contributed by atoms with Crippen molar-refractivity contribution in [3.8, 4) is 0 Å². The predicted octanol–water partition coefficient (Wildman–Crippen LogP) is 1.86. The highest BCUT2D eigenvalue weighted by molar-refractivity contribution is 5.82. The van der Waals surface area contributed by atoms with Crippen LogP contribution in [-0.4, -0.2) is 29.9 Å². The molecular formula is C13H26N2O. The van der Waals surface area contributed by atoms with Gasteiger partial charge < -0.3 is 10.6 Å². The quantitative estimate of drug-likeness (QED) is 0.798. The van der Waals surface area contributed by atoms with E-state index in [-0.39, 0.29) is 17.9 Å². The molecule has 0 aromatic carbocycles. The van der Waals surface area contributed by atoms with Crippen LogP contribution in [0.5, 0.6) is 0 Å². The van der Waals surface area contributed by atoms with Crippen molar-refractivity contribution in [1.82, 2.24) is 4.90 Å². The molecule has 16 heavy (non-hydrogen) atoms. The van der Waals surface area contributed by atoms with Crippen LogP contribution in [0.1, 0.15) is 40.5 Å². The summed E-state index contributed by atoms with van der Waals surface area (Å²) in [7, 11) is 0. The largest absolute Gasteiger partial charge is 0.341 e. The molecule has 0 bridgehead atoms. The molecule has 1 rings (SSSR count). The number of likely N-dealkylation sites (tertiary alicyclic amines) is 1. The second kappa shape index (κ2) is 5.67. The molecule has 1 heterocycles. The van der Waals surface area contributed by atoms with E-state index in [0.29, 0.717) is 11.8 Å². The van der Waals surface area contributed by atoms with Gasteiger partial charge in [0.2, 0.25) is 5.91 Å².